The van der Waals surface area contributed by atoms with Crippen molar-refractivity contribution in [3.63, 3.8) is 0 Å². The van der Waals surface area contributed by atoms with Crippen LogP contribution in [0.4, 0.5) is 21.0 Å². The maximum absolute atomic E-state index is 13.0. The number of nitrogens with one attached hydrogen (secondary N) is 1. The predicted molar refractivity (Wildman–Crippen MR) is 130 cm³/mol. The van der Waals surface area contributed by atoms with Gasteiger partial charge in [-0.05, 0) is 44.9 Å². The van der Waals surface area contributed by atoms with E-state index in [2.05, 4.69) is 29.5 Å². The summed E-state index contributed by atoms with van der Waals surface area (Å²) in [6, 6.07) is 6.21. The zero-order valence-electron chi connectivity index (χ0n) is 21.0. The van der Waals surface area contributed by atoms with Crippen LogP contribution in [0.3, 0.4) is 0 Å². The minimum Gasteiger partial charge on any atom is -0.452 e. The molecule has 0 bridgehead atoms. The highest BCUT2D eigenvalue weighted by atomic mass is 16.6. The second-order valence-electron chi connectivity index (χ2n) is 9.86. The molecule has 3 aliphatic heterocycles. The van der Waals surface area contributed by atoms with Crippen LogP contribution in [0.2, 0.25) is 0 Å². The lowest BCUT2D eigenvalue weighted by Gasteiger charge is -2.40. The lowest BCUT2D eigenvalue weighted by Crippen LogP contribution is -2.52. The van der Waals surface area contributed by atoms with Gasteiger partial charge >= 0.3 is 12.2 Å². The van der Waals surface area contributed by atoms with Gasteiger partial charge in [-0.15, -0.1) is 0 Å². The lowest BCUT2D eigenvalue weighted by molar-refractivity contribution is -0.0548. The van der Waals surface area contributed by atoms with Crippen molar-refractivity contribution in [3.8, 4) is 0 Å². The van der Waals surface area contributed by atoms with Crippen LogP contribution in [0.1, 0.15) is 52.0 Å². The normalized spacial score (nSPS) is 25.3. The number of carbonyl (C=O) groups is 2. The fourth-order valence-corrected chi connectivity index (χ4v) is 5.23. The van der Waals surface area contributed by atoms with E-state index < -0.39 is 12.2 Å². The average Bonchev–Trinajstić information content (AvgIpc) is 3.17. The second kappa shape index (κ2) is 10.5. The summed E-state index contributed by atoms with van der Waals surface area (Å²) in [7, 11) is 1.38. The number of rotatable bonds is 6. The number of nitrogens with zero attached hydrogens (tertiary/aromatic N) is 3. The number of anilines is 2. The first-order valence-electron chi connectivity index (χ1n) is 12.4. The minimum absolute atomic E-state index is 0.231. The molecular formula is C25H38N4O5. The first-order valence-corrected chi connectivity index (χ1v) is 12.4. The number of benzene rings is 1. The molecule has 0 saturated carbocycles. The van der Waals surface area contributed by atoms with Crippen LogP contribution >= 0.6 is 0 Å². The number of hydrogen-bond acceptors (Lipinski definition) is 7. The lowest BCUT2D eigenvalue weighted by atomic mass is 9.88. The topological polar surface area (TPSA) is 83.6 Å². The van der Waals surface area contributed by atoms with Gasteiger partial charge in [-0.3, -0.25) is 15.2 Å². The number of methoxy groups -OCH3 is 1. The standard InChI is InChI=1S/C25H38N4O5/c1-6-7-21-20(11-26-28(21)13-18-14-33-15-18)19-8-9-22-23(10-19)27(24(30)34-16(2)3)12-17(4)29(22)25(31)32-5/h8-10,16-18,20-21,26H,6-7,11-15H2,1-5H3/t17-,20?,21?/m0/s1. The van der Waals surface area contributed by atoms with Crippen LogP contribution in [0.15, 0.2) is 18.2 Å². The Morgan fingerprint density at radius 3 is 2.59 bits per heavy atom. The maximum atomic E-state index is 13.0. The fraction of sp³-hybridized carbons (Fsp3) is 0.680. The summed E-state index contributed by atoms with van der Waals surface area (Å²) in [5, 5.41) is 2.38. The number of carbonyl (C=O) groups excluding carboxylic acids is 2. The molecule has 2 unspecified atom stereocenters. The summed E-state index contributed by atoms with van der Waals surface area (Å²) < 4.78 is 16.0. The highest BCUT2D eigenvalue weighted by molar-refractivity contribution is 6.01. The molecule has 9 heteroatoms. The van der Waals surface area contributed by atoms with Crippen LogP contribution in [0.25, 0.3) is 0 Å². The molecule has 188 valence electrons. The Bertz CT molecular complexity index is 890. The quantitative estimate of drug-likeness (QED) is 0.673. The van der Waals surface area contributed by atoms with Gasteiger partial charge in [0.15, 0.2) is 0 Å². The fourth-order valence-electron chi connectivity index (χ4n) is 5.23. The van der Waals surface area contributed by atoms with E-state index in [-0.39, 0.29) is 18.1 Å². The molecule has 2 amide bonds. The number of hydrazine groups is 1. The Morgan fingerprint density at radius 2 is 1.97 bits per heavy atom. The summed E-state index contributed by atoms with van der Waals surface area (Å²) in [4.78, 5) is 28.9. The van der Waals surface area contributed by atoms with Crippen molar-refractivity contribution in [2.24, 2.45) is 5.92 Å². The summed E-state index contributed by atoms with van der Waals surface area (Å²) in [6.45, 7) is 11.6. The highest BCUT2D eigenvalue weighted by Gasteiger charge is 2.40. The molecule has 0 aliphatic carbocycles. The van der Waals surface area contributed by atoms with Gasteiger partial charge in [0.25, 0.3) is 0 Å². The molecule has 0 aromatic heterocycles. The van der Waals surface area contributed by atoms with Gasteiger partial charge in [-0.1, -0.05) is 19.4 Å². The zero-order valence-corrected chi connectivity index (χ0v) is 21.0. The van der Waals surface area contributed by atoms with E-state index in [0.717, 1.165) is 44.7 Å². The molecular weight excluding hydrogens is 436 g/mol. The Balaban J connectivity index is 1.67. The SMILES string of the molecule is CCCC1C(c2ccc3c(c2)N(C(=O)OC(C)C)C[C@H](C)N3C(=O)OC)CNN1CC1COC1. The van der Waals surface area contributed by atoms with Gasteiger partial charge < -0.3 is 14.2 Å². The summed E-state index contributed by atoms with van der Waals surface area (Å²) in [5.41, 5.74) is 6.11. The summed E-state index contributed by atoms with van der Waals surface area (Å²) >= 11 is 0. The van der Waals surface area contributed by atoms with Gasteiger partial charge in [-0.2, -0.15) is 0 Å². The highest BCUT2D eigenvalue weighted by Crippen LogP contribution is 2.41. The molecule has 2 fully saturated rings. The Labute approximate surface area is 202 Å². The first kappa shape index (κ1) is 24.8. The predicted octanol–water partition coefficient (Wildman–Crippen LogP) is 3.73. The van der Waals surface area contributed by atoms with Crippen molar-refractivity contribution < 1.29 is 23.8 Å². The summed E-state index contributed by atoms with van der Waals surface area (Å²) in [6.07, 6.45) is 1.10. The van der Waals surface area contributed by atoms with E-state index >= 15 is 0 Å². The maximum Gasteiger partial charge on any atom is 0.414 e. The van der Waals surface area contributed by atoms with Gasteiger partial charge in [0, 0.05) is 31.0 Å². The van der Waals surface area contributed by atoms with E-state index in [1.807, 2.05) is 26.8 Å². The third-order valence-corrected chi connectivity index (χ3v) is 6.92. The van der Waals surface area contributed by atoms with Crippen molar-refractivity contribution in [3.05, 3.63) is 23.8 Å². The van der Waals surface area contributed by atoms with Crippen molar-refractivity contribution in [1.29, 1.82) is 0 Å². The van der Waals surface area contributed by atoms with Gasteiger partial charge in [0.05, 0.1) is 50.4 Å². The van der Waals surface area contributed by atoms with E-state index in [0.29, 0.717) is 29.9 Å². The molecule has 9 nitrogen and oxygen atoms in total. The Hall–Kier alpha value is -2.36. The minimum atomic E-state index is -0.432. The number of fused-ring (bicyclic) bond motifs is 1. The van der Waals surface area contributed by atoms with Crippen LogP contribution < -0.4 is 15.2 Å². The largest absolute Gasteiger partial charge is 0.452 e. The third kappa shape index (κ3) is 4.87. The number of amides is 2. The van der Waals surface area contributed by atoms with Crippen LogP contribution in [-0.2, 0) is 14.2 Å². The van der Waals surface area contributed by atoms with Crippen molar-refractivity contribution in [2.75, 3.05) is 49.8 Å². The molecule has 0 spiro atoms. The van der Waals surface area contributed by atoms with E-state index in [1.165, 1.54) is 7.11 Å². The average molecular weight is 475 g/mol. The van der Waals surface area contributed by atoms with E-state index in [4.69, 9.17) is 14.2 Å². The zero-order chi connectivity index (χ0) is 24.4. The molecule has 2 saturated heterocycles. The molecule has 3 atom stereocenters. The monoisotopic (exact) mass is 474 g/mol. The van der Waals surface area contributed by atoms with Crippen molar-refractivity contribution >= 4 is 23.6 Å². The number of hydrogen-bond donors (Lipinski definition) is 1. The molecule has 0 radical (unpaired) electrons. The van der Waals surface area contributed by atoms with E-state index in [1.54, 1.807) is 9.80 Å². The Kier molecular flexibility index (Phi) is 7.64. The first-order chi connectivity index (χ1) is 16.3. The molecule has 1 aromatic carbocycles. The number of ether oxygens (including phenoxy) is 3. The van der Waals surface area contributed by atoms with Crippen LogP contribution in [0, 0.1) is 5.92 Å². The molecule has 1 N–H and O–H groups in total. The molecule has 34 heavy (non-hydrogen) atoms. The van der Waals surface area contributed by atoms with Crippen molar-refractivity contribution in [1.82, 2.24) is 10.4 Å². The van der Waals surface area contributed by atoms with E-state index in [9.17, 15) is 9.59 Å². The summed E-state index contributed by atoms with van der Waals surface area (Å²) in [5.74, 6) is 0.852. The second-order valence-corrected chi connectivity index (χ2v) is 9.86. The molecule has 1 aromatic rings. The van der Waals surface area contributed by atoms with Crippen LogP contribution in [-0.4, -0.2) is 75.3 Å². The molecule has 3 heterocycles. The van der Waals surface area contributed by atoms with Gasteiger partial charge in [-0.25, -0.2) is 14.6 Å². The van der Waals surface area contributed by atoms with Gasteiger partial charge in [0.1, 0.15) is 0 Å². The Morgan fingerprint density at radius 1 is 1.21 bits per heavy atom. The van der Waals surface area contributed by atoms with Crippen LogP contribution in [0.5, 0.6) is 0 Å². The third-order valence-electron chi connectivity index (χ3n) is 6.92. The molecule has 4 rings (SSSR count). The molecule has 3 aliphatic rings. The smallest absolute Gasteiger partial charge is 0.414 e. The van der Waals surface area contributed by atoms with Gasteiger partial charge in [0.2, 0.25) is 0 Å². The van der Waals surface area contributed by atoms with Crippen molar-refractivity contribution in [2.45, 2.75) is 64.6 Å².